The van der Waals surface area contributed by atoms with Gasteiger partial charge in [-0.1, -0.05) is 12.2 Å². The van der Waals surface area contributed by atoms with Crippen LogP contribution in [0.3, 0.4) is 0 Å². The normalized spacial score (nSPS) is 12.2. The maximum absolute atomic E-state index is 13.9. The Balaban J connectivity index is 2.14. The molecule has 3 N–H and O–H groups in total. The van der Waals surface area contributed by atoms with Crippen LogP contribution in [0.15, 0.2) is 29.0 Å². The zero-order chi connectivity index (χ0) is 14.7. The highest BCUT2D eigenvalue weighted by atomic mass is 32.1. The lowest BCUT2D eigenvalue weighted by Gasteiger charge is -2.16. The molecule has 1 aromatic heterocycles. The fourth-order valence-electron chi connectivity index (χ4n) is 1.91. The van der Waals surface area contributed by atoms with Crippen LogP contribution in [0, 0.1) is 11.6 Å². The third-order valence-corrected chi connectivity index (χ3v) is 3.81. The Morgan fingerprint density at radius 3 is 2.55 bits per heavy atom. The average molecular weight is 312 g/mol. The number of nitrogens with one attached hydrogen (secondary N) is 1. The van der Waals surface area contributed by atoms with Gasteiger partial charge in [0.2, 0.25) is 0 Å². The number of thiophene rings is 1. The van der Waals surface area contributed by atoms with Crippen LogP contribution < -0.4 is 11.1 Å². The number of rotatable bonds is 5. The molecule has 0 saturated heterocycles. The third kappa shape index (κ3) is 3.52. The summed E-state index contributed by atoms with van der Waals surface area (Å²) in [6, 6.07) is 4.19. The molecule has 0 amide bonds. The lowest BCUT2D eigenvalue weighted by atomic mass is 10.1. The molecule has 1 unspecified atom stereocenters. The maximum Gasteiger partial charge on any atom is 0.150 e. The van der Waals surface area contributed by atoms with Crippen molar-refractivity contribution in [2.75, 3.05) is 5.32 Å². The minimum absolute atomic E-state index is 0.0272. The molecule has 0 aliphatic heterocycles. The number of nitrogens with two attached hydrogens (primary N) is 1. The van der Waals surface area contributed by atoms with E-state index in [9.17, 15) is 8.78 Å². The highest BCUT2D eigenvalue weighted by Gasteiger charge is 2.14. The summed E-state index contributed by atoms with van der Waals surface area (Å²) in [4.78, 5) is -0.0272. The Morgan fingerprint density at radius 2 is 2.05 bits per heavy atom. The first-order chi connectivity index (χ1) is 9.47. The van der Waals surface area contributed by atoms with Crippen molar-refractivity contribution < 1.29 is 8.78 Å². The Morgan fingerprint density at radius 1 is 1.40 bits per heavy atom. The van der Waals surface area contributed by atoms with Crippen LogP contribution in [0.25, 0.3) is 0 Å². The SMILES string of the molecule is CC(Cc1ccsc1)Nc1c(F)cc(C(N)=S)cc1F. The molecule has 0 fully saturated rings. The summed E-state index contributed by atoms with van der Waals surface area (Å²) in [7, 11) is 0. The Labute approximate surface area is 125 Å². The standard InChI is InChI=1S/C14H14F2N2S2/c1-8(4-9-2-3-20-7-9)18-13-11(15)5-10(14(17)19)6-12(13)16/h2-3,5-8,18H,4H2,1H3,(H2,17,19). The van der Waals surface area contributed by atoms with Gasteiger partial charge in [0.1, 0.15) is 22.3 Å². The molecule has 1 aromatic carbocycles. The van der Waals surface area contributed by atoms with Crippen LogP contribution in [0.2, 0.25) is 0 Å². The van der Waals surface area contributed by atoms with Gasteiger partial charge in [0.25, 0.3) is 0 Å². The van der Waals surface area contributed by atoms with E-state index in [1.807, 2.05) is 23.8 Å². The minimum Gasteiger partial charge on any atom is -0.389 e. The van der Waals surface area contributed by atoms with Crippen molar-refractivity contribution in [3.63, 3.8) is 0 Å². The van der Waals surface area contributed by atoms with Crippen LogP contribution in [0.5, 0.6) is 0 Å². The largest absolute Gasteiger partial charge is 0.389 e. The van der Waals surface area contributed by atoms with Crippen molar-refractivity contribution in [1.82, 2.24) is 0 Å². The van der Waals surface area contributed by atoms with Crippen LogP contribution in [-0.4, -0.2) is 11.0 Å². The number of anilines is 1. The molecule has 0 aliphatic rings. The summed E-state index contributed by atoms with van der Waals surface area (Å²) in [5.41, 5.74) is 6.55. The Kier molecular flexibility index (Phi) is 4.67. The molecular weight excluding hydrogens is 298 g/mol. The van der Waals surface area contributed by atoms with E-state index in [1.165, 1.54) is 0 Å². The summed E-state index contributed by atoms with van der Waals surface area (Å²) in [5, 5.41) is 6.84. The van der Waals surface area contributed by atoms with Crippen LogP contribution >= 0.6 is 23.6 Å². The zero-order valence-corrected chi connectivity index (χ0v) is 12.5. The molecule has 0 bridgehead atoms. The highest BCUT2D eigenvalue weighted by Crippen LogP contribution is 2.22. The third-order valence-electron chi connectivity index (χ3n) is 2.84. The first kappa shape index (κ1) is 14.9. The minimum atomic E-state index is -0.690. The quantitative estimate of drug-likeness (QED) is 0.827. The molecule has 6 heteroatoms. The summed E-state index contributed by atoms with van der Waals surface area (Å²) in [6.07, 6.45) is 0.694. The maximum atomic E-state index is 13.9. The second-order valence-electron chi connectivity index (χ2n) is 4.56. The Bertz CT molecular complexity index is 589. The second-order valence-corrected chi connectivity index (χ2v) is 5.78. The van der Waals surface area contributed by atoms with Crippen LogP contribution in [-0.2, 0) is 6.42 Å². The number of hydrogen-bond acceptors (Lipinski definition) is 3. The molecule has 106 valence electrons. The van der Waals surface area contributed by atoms with E-state index < -0.39 is 11.6 Å². The van der Waals surface area contributed by atoms with Gasteiger partial charge in [-0.25, -0.2) is 8.78 Å². The van der Waals surface area contributed by atoms with E-state index >= 15 is 0 Å². The number of thiocarbonyl (C=S) groups is 1. The zero-order valence-electron chi connectivity index (χ0n) is 10.8. The van der Waals surface area contributed by atoms with Gasteiger partial charge in [-0.15, -0.1) is 0 Å². The van der Waals surface area contributed by atoms with E-state index in [0.29, 0.717) is 6.42 Å². The number of halogens is 2. The van der Waals surface area contributed by atoms with E-state index in [4.69, 9.17) is 18.0 Å². The first-order valence-electron chi connectivity index (χ1n) is 6.04. The molecular formula is C14H14F2N2S2. The molecule has 1 atom stereocenters. The van der Waals surface area contributed by atoms with Gasteiger partial charge in [-0.3, -0.25) is 0 Å². The second kappa shape index (κ2) is 6.28. The number of benzene rings is 1. The van der Waals surface area contributed by atoms with E-state index in [0.717, 1.165) is 17.7 Å². The van der Waals surface area contributed by atoms with Gasteiger partial charge < -0.3 is 11.1 Å². The fourth-order valence-corrected chi connectivity index (χ4v) is 2.71. The first-order valence-corrected chi connectivity index (χ1v) is 7.39. The van der Waals surface area contributed by atoms with Crippen molar-refractivity contribution >= 4 is 34.2 Å². The van der Waals surface area contributed by atoms with E-state index in [1.54, 1.807) is 11.3 Å². The lowest BCUT2D eigenvalue weighted by molar-refractivity contribution is 0.582. The molecule has 0 saturated carbocycles. The summed E-state index contributed by atoms with van der Waals surface area (Å²) in [5.74, 6) is -1.38. The predicted octanol–water partition coefficient (Wildman–Crippen LogP) is 3.70. The molecule has 0 radical (unpaired) electrons. The van der Waals surface area contributed by atoms with Gasteiger partial charge in [0, 0.05) is 11.6 Å². The van der Waals surface area contributed by atoms with Gasteiger partial charge in [0.15, 0.2) is 0 Å². The fraction of sp³-hybridized carbons (Fsp3) is 0.214. The van der Waals surface area contributed by atoms with Crippen molar-refractivity contribution in [3.8, 4) is 0 Å². The average Bonchev–Trinajstić information content (AvgIpc) is 2.86. The molecule has 20 heavy (non-hydrogen) atoms. The molecule has 0 aliphatic carbocycles. The van der Waals surface area contributed by atoms with Gasteiger partial charge in [-0.2, -0.15) is 11.3 Å². The topological polar surface area (TPSA) is 38.0 Å². The lowest BCUT2D eigenvalue weighted by Crippen LogP contribution is -2.20. The summed E-state index contributed by atoms with van der Waals surface area (Å²) >= 11 is 6.31. The molecule has 2 aromatic rings. The predicted molar refractivity (Wildman–Crippen MR) is 83.4 cm³/mol. The van der Waals surface area contributed by atoms with Gasteiger partial charge in [-0.05, 0) is 47.9 Å². The summed E-state index contributed by atoms with van der Waals surface area (Å²) < 4.78 is 27.8. The van der Waals surface area contributed by atoms with E-state index in [-0.39, 0.29) is 22.3 Å². The summed E-state index contributed by atoms with van der Waals surface area (Å²) in [6.45, 7) is 1.87. The van der Waals surface area contributed by atoms with Crippen LogP contribution in [0.4, 0.5) is 14.5 Å². The number of hydrogen-bond donors (Lipinski definition) is 2. The van der Waals surface area contributed by atoms with Crippen molar-refractivity contribution in [3.05, 3.63) is 51.7 Å². The van der Waals surface area contributed by atoms with Crippen molar-refractivity contribution in [2.45, 2.75) is 19.4 Å². The Hall–Kier alpha value is -1.53. The molecule has 0 spiro atoms. The smallest absolute Gasteiger partial charge is 0.150 e. The van der Waals surface area contributed by atoms with Gasteiger partial charge in [0.05, 0.1) is 0 Å². The monoisotopic (exact) mass is 312 g/mol. The molecule has 2 rings (SSSR count). The van der Waals surface area contributed by atoms with E-state index in [2.05, 4.69) is 5.32 Å². The highest BCUT2D eigenvalue weighted by molar-refractivity contribution is 7.80. The molecule has 2 nitrogen and oxygen atoms in total. The molecule has 1 heterocycles. The van der Waals surface area contributed by atoms with Gasteiger partial charge >= 0.3 is 0 Å². The van der Waals surface area contributed by atoms with Crippen molar-refractivity contribution in [1.29, 1.82) is 0 Å². The van der Waals surface area contributed by atoms with Crippen molar-refractivity contribution in [2.24, 2.45) is 5.73 Å². The van der Waals surface area contributed by atoms with Crippen LogP contribution in [0.1, 0.15) is 18.1 Å².